The molecule has 0 saturated heterocycles. The molecule has 1 atom stereocenters. The maximum Gasteiger partial charge on any atom is 0.748 e. The maximum atomic E-state index is 10.3. The van der Waals surface area contributed by atoms with Crippen LogP contribution in [0.3, 0.4) is 0 Å². The topological polar surface area (TPSA) is 46.5 Å². The standard InChI is InChI=1S/C6H8BrCl2O3P/c7-6(12-13(10)11)5(1-3-8)2-4-9/h1-4H2/p+1. The molecule has 1 N–H and O–H groups in total. The molecule has 0 aromatic rings. The number of hydrogen-bond donors (Lipinski definition) is 1. The minimum Gasteiger partial charge on any atom is -0.222 e. The van der Waals surface area contributed by atoms with Crippen LogP contribution >= 0.6 is 47.4 Å². The molecule has 0 aromatic heterocycles. The van der Waals surface area contributed by atoms with E-state index in [2.05, 4.69) is 20.5 Å². The summed E-state index contributed by atoms with van der Waals surface area (Å²) in [5.41, 5.74) is 0.808. The van der Waals surface area contributed by atoms with E-state index < -0.39 is 8.25 Å². The van der Waals surface area contributed by atoms with Crippen LogP contribution in [0.4, 0.5) is 0 Å². The van der Waals surface area contributed by atoms with Crippen molar-refractivity contribution in [2.24, 2.45) is 0 Å². The molecule has 13 heavy (non-hydrogen) atoms. The van der Waals surface area contributed by atoms with E-state index in [-0.39, 0.29) is 4.67 Å². The molecular weight excluding hydrogens is 302 g/mol. The highest BCUT2D eigenvalue weighted by molar-refractivity contribution is 9.11. The SMILES string of the molecule is O=[P+](O)OC(Br)=C(CCCl)CCCl. The van der Waals surface area contributed by atoms with Crippen LogP contribution < -0.4 is 0 Å². The normalized spacial score (nSPS) is 10.9. The summed E-state index contributed by atoms with van der Waals surface area (Å²) in [4.78, 5) is 8.47. The molecule has 0 aliphatic carbocycles. The van der Waals surface area contributed by atoms with Gasteiger partial charge in [0.15, 0.2) is 0 Å². The lowest BCUT2D eigenvalue weighted by atomic mass is 10.2. The van der Waals surface area contributed by atoms with Gasteiger partial charge in [0.25, 0.3) is 0 Å². The second-order valence-corrected chi connectivity index (χ2v) is 4.22. The number of allylic oxidation sites excluding steroid dienone is 1. The molecule has 7 heteroatoms. The third-order valence-corrected chi connectivity index (χ3v) is 2.92. The highest BCUT2D eigenvalue weighted by atomic mass is 79.9. The van der Waals surface area contributed by atoms with Crippen molar-refractivity contribution in [2.45, 2.75) is 12.8 Å². The molecule has 0 aliphatic heterocycles. The molecule has 0 aromatic carbocycles. The van der Waals surface area contributed by atoms with E-state index in [1.165, 1.54) is 0 Å². The summed E-state index contributed by atoms with van der Waals surface area (Å²) in [5.74, 6) is 0.847. The molecule has 0 amide bonds. The summed E-state index contributed by atoms with van der Waals surface area (Å²) in [6.07, 6.45) is 1.16. The van der Waals surface area contributed by atoms with Gasteiger partial charge >= 0.3 is 8.25 Å². The lowest BCUT2D eigenvalue weighted by molar-refractivity contribution is 0.369. The third kappa shape index (κ3) is 6.69. The van der Waals surface area contributed by atoms with Gasteiger partial charge in [-0.05, 0) is 34.3 Å². The van der Waals surface area contributed by atoms with Gasteiger partial charge < -0.3 is 0 Å². The first kappa shape index (κ1) is 13.7. The van der Waals surface area contributed by atoms with Crippen LogP contribution in [0.15, 0.2) is 10.2 Å². The van der Waals surface area contributed by atoms with Crippen molar-refractivity contribution in [3.8, 4) is 0 Å². The molecule has 0 bridgehead atoms. The van der Waals surface area contributed by atoms with Gasteiger partial charge in [0.05, 0.1) is 0 Å². The van der Waals surface area contributed by atoms with Gasteiger partial charge in [-0.15, -0.1) is 28.1 Å². The molecule has 76 valence electrons. The molecule has 0 aliphatic rings. The zero-order valence-corrected chi connectivity index (χ0v) is 10.7. The second kappa shape index (κ2) is 8.01. The Balaban J connectivity index is 4.33. The Labute approximate surface area is 96.1 Å². The van der Waals surface area contributed by atoms with Gasteiger partial charge in [-0.25, -0.2) is 4.52 Å². The molecule has 0 rings (SSSR count). The molecule has 0 saturated carbocycles. The van der Waals surface area contributed by atoms with Gasteiger partial charge in [-0.3, -0.25) is 0 Å². The minimum atomic E-state index is -2.63. The lowest BCUT2D eigenvalue weighted by Gasteiger charge is -2.01. The first-order valence-corrected chi connectivity index (χ1v) is 6.44. The van der Waals surface area contributed by atoms with Gasteiger partial charge in [0, 0.05) is 16.3 Å². The third-order valence-electron chi connectivity index (χ3n) is 1.23. The van der Waals surface area contributed by atoms with E-state index in [0.717, 1.165) is 5.57 Å². The Morgan fingerprint density at radius 2 is 1.85 bits per heavy atom. The van der Waals surface area contributed by atoms with Gasteiger partial charge in [-0.1, -0.05) is 0 Å². The average Bonchev–Trinajstić information content (AvgIpc) is 2.02. The molecular formula is C6H9BrCl2O3P+. The summed E-state index contributed by atoms with van der Waals surface area (Å²) < 4.78 is 15.1. The number of rotatable bonds is 6. The van der Waals surface area contributed by atoms with Crippen LogP contribution in [0.1, 0.15) is 12.8 Å². The van der Waals surface area contributed by atoms with Crippen LogP contribution in [-0.2, 0) is 9.09 Å². The minimum absolute atomic E-state index is 0.261. The fraction of sp³-hybridized carbons (Fsp3) is 0.667. The molecule has 0 radical (unpaired) electrons. The Morgan fingerprint density at radius 1 is 1.38 bits per heavy atom. The zero-order valence-electron chi connectivity index (χ0n) is 6.67. The fourth-order valence-electron chi connectivity index (χ4n) is 0.683. The Hall–Kier alpha value is 0.660. The van der Waals surface area contributed by atoms with Crippen molar-refractivity contribution < 1.29 is 14.0 Å². The van der Waals surface area contributed by atoms with Gasteiger partial charge in [0.2, 0.25) is 4.67 Å². The predicted octanol–water partition coefficient (Wildman–Crippen LogP) is 3.52. The summed E-state index contributed by atoms with van der Waals surface area (Å²) in [6, 6.07) is 0. The van der Waals surface area contributed by atoms with Crippen molar-refractivity contribution in [1.82, 2.24) is 0 Å². The summed E-state index contributed by atoms with van der Waals surface area (Å²) in [6.45, 7) is 0. The smallest absolute Gasteiger partial charge is 0.222 e. The van der Waals surface area contributed by atoms with E-state index in [0.29, 0.717) is 24.6 Å². The largest absolute Gasteiger partial charge is 0.748 e. The van der Waals surface area contributed by atoms with E-state index >= 15 is 0 Å². The van der Waals surface area contributed by atoms with Crippen LogP contribution in [0.2, 0.25) is 0 Å². The second-order valence-electron chi connectivity index (χ2n) is 2.08. The van der Waals surface area contributed by atoms with Crippen molar-refractivity contribution in [2.75, 3.05) is 11.8 Å². The monoisotopic (exact) mass is 309 g/mol. The number of alkyl halides is 2. The summed E-state index contributed by atoms with van der Waals surface area (Å²) in [5, 5.41) is 0. The van der Waals surface area contributed by atoms with Crippen LogP contribution in [0.5, 0.6) is 0 Å². The summed E-state index contributed by atoms with van der Waals surface area (Å²) in [7, 11) is -2.63. The van der Waals surface area contributed by atoms with Crippen LogP contribution in [0.25, 0.3) is 0 Å². The van der Waals surface area contributed by atoms with Crippen molar-refractivity contribution in [1.29, 1.82) is 0 Å². The first-order chi connectivity index (χ1) is 6.11. The van der Waals surface area contributed by atoms with Crippen LogP contribution in [0, 0.1) is 0 Å². The van der Waals surface area contributed by atoms with Crippen molar-refractivity contribution in [3.63, 3.8) is 0 Å². The highest BCUT2D eigenvalue weighted by Gasteiger charge is 2.18. The Bertz CT molecular complexity index is 202. The summed E-state index contributed by atoms with van der Waals surface area (Å²) >= 11 is 14.1. The fourth-order valence-corrected chi connectivity index (χ4v) is 2.17. The lowest BCUT2D eigenvalue weighted by Crippen LogP contribution is -1.91. The molecule has 0 spiro atoms. The average molecular weight is 311 g/mol. The number of halogens is 3. The zero-order chi connectivity index (χ0) is 10.3. The highest BCUT2D eigenvalue weighted by Crippen LogP contribution is 2.29. The van der Waals surface area contributed by atoms with Crippen molar-refractivity contribution in [3.05, 3.63) is 10.2 Å². The first-order valence-electron chi connectivity index (χ1n) is 3.45. The quantitative estimate of drug-likeness (QED) is 0.464. The van der Waals surface area contributed by atoms with Gasteiger partial charge in [0.1, 0.15) is 0 Å². The number of hydrogen-bond acceptors (Lipinski definition) is 2. The van der Waals surface area contributed by atoms with Gasteiger partial charge in [-0.2, -0.15) is 0 Å². The van der Waals surface area contributed by atoms with Crippen molar-refractivity contribution >= 4 is 47.4 Å². The Morgan fingerprint density at radius 3 is 2.15 bits per heavy atom. The van der Waals surface area contributed by atoms with E-state index in [9.17, 15) is 4.57 Å². The van der Waals surface area contributed by atoms with E-state index in [4.69, 9.17) is 28.1 Å². The molecule has 0 fully saturated rings. The van der Waals surface area contributed by atoms with E-state index in [1.54, 1.807) is 0 Å². The molecule has 1 unspecified atom stereocenters. The molecule has 0 heterocycles. The molecule has 3 nitrogen and oxygen atoms in total. The van der Waals surface area contributed by atoms with E-state index in [1.807, 2.05) is 0 Å². The van der Waals surface area contributed by atoms with Crippen LogP contribution in [-0.4, -0.2) is 16.7 Å². The Kier molecular flexibility index (Phi) is 8.42. The maximum absolute atomic E-state index is 10.3. The predicted molar refractivity (Wildman–Crippen MR) is 57.5 cm³/mol.